The predicted octanol–water partition coefficient (Wildman–Crippen LogP) is 4.50. The summed E-state index contributed by atoms with van der Waals surface area (Å²) >= 11 is 1.76. The van der Waals surface area contributed by atoms with Crippen LogP contribution in [0, 0.1) is 0 Å². The topological polar surface area (TPSA) is 84.9 Å². The highest BCUT2D eigenvalue weighted by Crippen LogP contribution is 2.31. The zero-order valence-corrected chi connectivity index (χ0v) is 24.1. The molecule has 0 saturated carbocycles. The van der Waals surface area contributed by atoms with E-state index in [-0.39, 0.29) is 12.2 Å². The van der Waals surface area contributed by atoms with Crippen molar-refractivity contribution >= 4 is 34.1 Å². The molecule has 2 atom stereocenters. The minimum atomic E-state index is 0.111. The summed E-state index contributed by atoms with van der Waals surface area (Å²) in [6, 6.07) is 14.6. The van der Waals surface area contributed by atoms with Gasteiger partial charge in [-0.25, -0.2) is 4.98 Å². The van der Waals surface area contributed by atoms with Crippen molar-refractivity contribution in [2.24, 2.45) is 0 Å². The lowest BCUT2D eigenvalue weighted by Crippen LogP contribution is -2.46. The highest BCUT2D eigenvalue weighted by molar-refractivity contribution is 7.09. The molecule has 10 heteroatoms. The van der Waals surface area contributed by atoms with Gasteiger partial charge in [-0.2, -0.15) is 9.97 Å². The van der Waals surface area contributed by atoms with Crippen molar-refractivity contribution in [1.82, 2.24) is 20.3 Å². The number of benzene rings is 1. The summed E-state index contributed by atoms with van der Waals surface area (Å²) in [5, 5.41) is 6.59. The van der Waals surface area contributed by atoms with Crippen molar-refractivity contribution in [3.63, 3.8) is 0 Å². The maximum atomic E-state index is 5.97. The third-order valence-electron chi connectivity index (χ3n) is 7.31. The number of ether oxygens (including phenoxy) is 3. The molecular formula is C30H36N6O3S. The Morgan fingerprint density at radius 2 is 1.80 bits per heavy atom. The van der Waals surface area contributed by atoms with E-state index in [1.54, 1.807) is 18.4 Å². The van der Waals surface area contributed by atoms with Gasteiger partial charge in [0.2, 0.25) is 5.95 Å². The van der Waals surface area contributed by atoms with E-state index >= 15 is 0 Å². The van der Waals surface area contributed by atoms with Gasteiger partial charge in [-0.1, -0.05) is 6.07 Å². The largest absolute Gasteiger partial charge is 0.496 e. The minimum Gasteiger partial charge on any atom is -0.496 e. The second-order valence-electron chi connectivity index (χ2n) is 10.4. The predicted molar refractivity (Wildman–Crippen MR) is 159 cm³/mol. The molecule has 5 heterocycles. The second kappa shape index (κ2) is 12.1. The summed E-state index contributed by atoms with van der Waals surface area (Å²) in [4.78, 5) is 21.0. The molecule has 9 nitrogen and oxygen atoms in total. The zero-order valence-electron chi connectivity index (χ0n) is 23.3. The van der Waals surface area contributed by atoms with Crippen LogP contribution < -0.4 is 19.9 Å². The first-order valence-corrected chi connectivity index (χ1v) is 14.8. The summed E-state index contributed by atoms with van der Waals surface area (Å²) < 4.78 is 17.3. The van der Waals surface area contributed by atoms with Crippen LogP contribution in [0.3, 0.4) is 0 Å². The molecule has 6 rings (SSSR count). The van der Waals surface area contributed by atoms with Crippen molar-refractivity contribution in [2.45, 2.75) is 39.1 Å². The molecule has 2 aliphatic heterocycles. The lowest BCUT2D eigenvalue weighted by atomic mass is 10.1. The van der Waals surface area contributed by atoms with Gasteiger partial charge >= 0.3 is 0 Å². The summed E-state index contributed by atoms with van der Waals surface area (Å²) in [7, 11) is 1.71. The monoisotopic (exact) mass is 560 g/mol. The van der Waals surface area contributed by atoms with Gasteiger partial charge in [-0.3, -0.25) is 0 Å². The van der Waals surface area contributed by atoms with E-state index in [1.807, 2.05) is 6.07 Å². The molecule has 0 aliphatic carbocycles. The molecule has 4 aromatic rings. The number of pyridine rings is 1. The quantitative estimate of drug-likeness (QED) is 0.335. The number of nitrogens with zero attached hydrogens (tertiary/aromatic N) is 5. The van der Waals surface area contributed by atoms with Crippen LogP contribution in [0.25, 0.3) is 22.3 Å². The number of morpholine rings is 2. The lowest BCUT2D eigenvalue weighted by Gasteiger charge is -2.36. The Morgan fingerprint density at radius 1 is 0.975 bits per heavy atom. The number of hydrogen-bond donors (Lipinski definition) is 1. The normalized spacial score (nSPS) is 19.8. The van der Waals surface area contributed by atoms with Crippen LogP contribution in [0.4, 0.5) is 11.8 Å². The molecule has 0 bridgehead atoms. The second-order valence-corrected chi connectivity index (χ2v) is 11.4. The number of anilines is 2. The SMILES string of the molecule is COc1ccc(-c2ccc3c(N4CCOCC4)nc(N4CC(C)OC(C)C4)nc3n2)cc1CNCc1cccs1. The fourth-order valence-corrected chi connectivity index (χ4v) is 6.13. The Morgan fingerprint density at radius 3 is 2.55 bits per heavy atom. The van der Waals surface area contributed by atoms with Gasteiger partial charge in [0.25, 0.3) is 0 Å². The minimum absolute atomic E-state index is 0.111. The summed E-state index contributed by atoms with van der Waals surface area (Å²) in [5.41, 5.74) is 3.68. The van der Waals surface area contributed by atoms with Gasteiger partial charge in [0.1, 0.15) is 11.6 Å². The molecule has 2 aliphatic rings. The van der Waals surface area contributed by atoms with Gasteiger partial charge in [-0.15, -0.1) is 11.3 Å². The molecule has 210 valence electrons. The molecule has 0 amide bonds. The van der Waals surface area contributed by atoms with Crippen molar-refractivity contribution in [1.29, 1.82) is 0 Å². The number of hydrogen-bond acceptors (Lipinski definition) is 10. The molecule has 2 fully saturated rings. The third-order valence-corrected chi connectivity index (χ3v) is 8.19. The Labute approximate surface area is 239 Å². The van der Waals surface area contributed by atoms with Crippen molar-refractivity contribution in [2.75, 3.05) is 56.3 Å². The zero-order chi connectivity index (χ0) is 27.5. The Hall–Kier alpha value is -3.31. The summed E-state index contributed by atoms with van der Waals surface area (Å²) in [6.07, 6.45) is 0.223. The van der Waals surface area contributed by atoms with Crippen LogP contribution in [0.15, 0.2) is 47.8 Å². The first-order chi connectivity index (χ1) is 19.6. The summed E-state index contributed by atoms with van der Waals surface area (Å²) in [5.74, 6) is 2.48. The van der Waals surface area contributed by atoms with Crippen LogP contribution in [-0.4, -0.2) is 73.7 Å². The number of thiophene rings is 1. The average molecular weight is 561 g/mol. The van der Waals surface area contributed by atoms with Gasteiger partial charge in [-0.05, 0) is 55.6 Å². The van der Waals surface area contributed by atoms with Crippen molar-refractivity contribution < 1.29 is 14.2 Å². The number of fused-ring (bicyclic) bond motifs is 1. The average Bonchev–Trinajstić information content (AvgIpc) is 3.50. The van der Waals surface area contributed by atoms with E-state index in [2.05, 4.69) is 70.7 Å². The molecule has 0 radical (unpaired) electrons. The molecule has 0 spiro atoms. The lowest BCUT2D eigenvalue weighted by molar-refractivity contribution is -0.00570. The van der Waals surface area contributed by atoms with E-state index in [1.165, 1.54) is 4.88 Å². The smallest absolute Gasteiger partial charge is 0.229 e. The molecule has 40 heavy (non-hydrogen) atoms. The summed E-state index contributed by atoms with van der Waals surface area (Å²) in [6.45, 7) is 10.2. The first kappa shape index (κ1) is 26.9. The standard InChI is InChI=1S/C30H36N6O3S/c1-20-18-36(19-21(2)39-20)30-33-28-25(29(34-30)35-10-12-38-13-11-35)7-8-26(32-28)22-6-9-27(37-3)23(15-22)16-31-17-24-5-4-14-40-24/h4-9,14-15,20-21,31H,10-13,16-19H2,1-3H3. The molecule has 2 saturated heterocycles. The van der Waals surface area contributed by atoms with E-state index in [0.717, 1.165) is 66.5 Å². The van der Waals surface area contributed by atoms with Gasteiger partial charge in [0.15, 0.2) is 5.65 Å². The van der Waals surface area contributed by atoms with Crippen LogP contribution in [-0.2, 0) is 22.6 Å². The molecular weight excluding hydrogens is 524 g/mol. The van der Waals surface area contributed by atoms with Crippen LogP contribution >= 0.6 is 11.3 Å². The Kier molecular flexibility index (Phi) is 8.10. The van der Waals surface area contributed by atoms with Crippen molar-refractivity contribution in [3.8, 4) is 17.0 Å². The van der Waals surface area contributed by atoms with E-state index < -0.39 is 0 Å². The van der Waals surface area contributed by atoms with Crippen LogP contribution in [0.1, 0.15) is 24.3 Å². The van der Waals surface area contributed by atoms with E-state index in [0.29, 0.717) is 31.4 Å². The third kappa shape index (κ3) is 5.90. The van der Waals surface area contributed by atoms with Crippen molar-refractivity contribution in [3.05, 3.63) is 58.3 Å². The van der Waals surface area contributed by atoms with Crippen LogP contribution in [0.5, 0.6) is 5.75 Å². The Balaban J connectivity index is 1.35. The fourth-order valence-electron chi connectivity index (χ4n) is 5.45. The fraction of sp³-hybridized carbons (Fsp3) is 0.433. The molecule has 2 unspecified atom stereocenters. The van der Waals surface area contributed by atoms with Gasteiger partial charge < -0.3 is 29.3 Å². The Bertz CT molecular complexity index is 1430. The van der Waals surface area contributed by atoms with E-state index in [9.17, 15) is 0 Å². The molecule has 1 aromatic carbocycles. The molecule has 1 N–H and O–H groups in total. The number of nitrogens with one attached hydrogen (secondary N) is 1. The molecule has 3 aromatic heterocycles. The maximum Gasteiger partial charge on any atom is 0.229 e. The van der Waals surface area contributed by atoms with Gasteiger partial charge in [0.05, 0.1) is 43.6 Å². The highest BCUT2D eigenvalue weighted by Gasteiger charge is 2.26. The first-order valence-electron chi connectivity index (χ1n) is 13.9. The van der Waals surface area contributed by atoms with E-state index in [4.69, 9.17) is 29.2 Å². The van der Waals surface area contributed by atoms with Gasteiger partial charge in [0, 0.05) is 55.3 Å². The maximum absolute atomic E-state index is 5.97. The number of aromatic nitrogens is 3. The number of rotatable bonds is 8. The van der Waals surface area contributed by atoms with Crippen LogP contribution in [0.2, 0.25) is 0 Å². The highest BCUT2D eigenvalue weighted by atomic mass is 32.1. The number of methoxy groups -OCH3 is 1.